The third kappa shape index (κ3) is 7.67. The highest BCUT2D eigenvalue weighted by Crippen LogP contribution is 2.37. The van der Waals surface area contributed by atoms with E-state index in [9.17, 15) is 5.11 Å². The molecular formula is C27H32N2O6S2. The van der Waals surface area contributed by atoms with E-state index in [0.29, 0.717) is 13.0 Å². The van der Waals surface area contributed by atoms with Gasteiger partial charge in [0.25, 0.3) is 0 Å². The molecule has 1 atom stereocenters. The number of rotatable bonds is 7. The zero-order valence-electron chi connectivity index (χ0n) is 21.2. The van der Waals surface area contributed by atoms with E-state index in [1.54, 1.807) is 11.8 Å². The number of aryl methyl sites for hydroxylation is 1. The second kappa shape index (κ2) is 12.3. The van der Waals surface area contributed by atoms with E-state index in [-0.39, 0.29) is 11.4 Å². The Morgan fingerprint density at radius 2 is 1.84 bits per heavy atom. The van der Waals surface area contributed by atoms with Crippen molar-refractivity contribution in [2.24, 2.45) is 4.99 Å². The van der Waals surface area contributed by atoms with Crippen molar-refractivity contribution in [1.29, 1.82) is 0 Å². The van der Waals surface area contributed by atoms with Gasteiger partial charge in [0.2, 0.25) is 0 Å². The van der Waals surface area contributed by atoms with Crippen LogP contribution in [0.5, 0.6) is 17.2 Å². The Morgan fingerprint density at radius 1 is 1.14 bits per heavy atom. The largest absolute Gasteiger partial charge is 0.488 e. The molecule has 0 spiro atoms. The van der Waals surface area contributed by atoms with E-state index in [2.05, 4.69) is 18.0 Å². The van der Waals surface area contributed by atoms with Crippen LogP contribution in [-0.2, 0) is 16.3 Å². The molecule has 37 heavy (non-hydrogen) atoms. The number of aromatic amines is 1. The van der Waals surface area contributed by atoms with E-state index in [1.807, 2.05) is 50.2 Å². The van der Waals surface area contributed by atoms with Gasteiger partial charge in [-0.05, 0) is 51.5 Å². The van der Waals surface area contributed by atoms with Crippen LogP contribution in [0.15, 0.2) is 47.5 Å². The van der Waals surface area contributed by atoms with Gasteiger partial charge in [-0.3, -0.25) is 4.99 Å². The summed E-state index contributed by atoms with van der Waals surface area (Å²) in [7, 11) is 0. The summed E-state index contributed by atoms with van der Waals surface area (Å²) in [6.07, 6.45) is 2.57. The van der Waals surface area contributed by atoms with Gasteiger partial charge in [-0.1, -0.05) is 29.5 Å². The van der Waals surface area contributed by atoms with E-state index >= 15 is 0 Å². The molecule has 0 aliphatic carbocycles. The molecule has 8 nitrogen and oxygen atoms in total. The number of aliphatic hydroxyl groups is 1. The summed E-state index contributed by atoms with van der Waals surface area (Å²) >= 11 is 0.976. The minimum atomic E-state index is -0.750. The molecule has 198 valence electrons. The summed E-state index contributed by atoms with van der Waals surface area (Å²) in [4.78, 5) is 8.31. The lowest BCUT2D eigenvalue weighted by atomic mass is 10.0. The van der Waals surface area contributed by atoms with Crippen LogP contribution >= 0.6 is 11.8 Å². The minimum Gasteiger partial charge on any atom is -0.488 e. The fraction of sp³-hybridized carbons (Fsp3) is 0.444. The molecule has 1 saturated heterocycles. The molecule has 2 aliphatic rings. The first kappa shape index (κ1) is 27.4. The monoisotopic (exact) mass is 544 g/mol. The first-order chi connectivity index (χ1) is 17.7. The maximum atomic E-state index is 10.2. The van der Waals surface area contributed by atoms with Gasteiger partial charge in [0.05, 0.1) is 36.6 Å². The van der Waals surface area contributed by atoms with Crippen LogP contribution < -0.4 is 9.47 Å². The van der Waals surface area contributed by atoms with E-state index in [4.69, 9.17) is 27.6 Å². The van der Waals surface area contributed by atoms with E-state index < -0.39 is 17.2 Å². The van der Waals surface area contributed by atoms with Crippen molar-refractivity contribution >= 4 is 39.3 Å². The lowest BCUT2D eigenvalue weighted by Crippen LogP contribution is -2.25. The summed E-state index contributed by atoms with van der Waals surface area (Å²) in [6.45, 7) is 7.92. The number of aromatic nitrogens is 1. The Kier molecular flexibility index (Phi) is 9.07. The van der Waals surface area contributed by atoms with Crippen molar-refractivity contribution in [3.8, 4) is 17.2 Å². The maximum Gasteiger partial charge on any atom is 0.335 e. The predicted octanol–water partition coefficient (Wildman–Crippen LogP) is 5.18. The second-order valence-electron chi connectivity index (χ2n) is 9.88. The van der Waals surface area contributed by atoms with Crippen LogP contribution in [0.2, 0.25) is 0 Å². The number of nitrogens with one attached hydrogen (secondary N) is 1. The number of benzene rings is 2. The Labute approximate surface area is 224 Å². The van der Waals surface area contributed by atoms with Crippen molar-refractivity contribution in [3.05, 3.63) is 53.7 Å². The fourth-order valence-corrected chi connectivity index (χ4v) is 5.74. The molecule has 3 heterocycles. The first-order valence-corrected chi connectivity index (χ1v) is 13.8. The van der Waals surface area contributed by atoms with Crippen molar-refractivity contribution in [1.82, 2.24) is 4.98 Å². The molecular weight excluding hydrogens is 512 g/mol. The highest BCUT2D eigenvalue weighted by molar-refractivity contribution is 8.15. The van der Waals surface area contributed by atoms with Crippen LogP contribution in [0.4, 0.5) is 0 Å². The lowest BCUT2D eigenvalue weighted by molar-refractivity contribution is 0.0260. The number of aliphatic imine (C=N–C) groups is 1. The number of nitrogens with zero attached hydrogens (tertiary/aromatic N) is 1. The molecule has 5 rings (SSSR count). The average Bonchev–Trinajstić information content (AvgIpc) is 3.48. The standard InChI is InChI=1S/C27H32N2O4S.O2S/c1-17-4-6-19(7-5-17)32-21-12-18-13-23(26-28-16-22(34-26)15-27(2,3)30)29-25(18)24(14-21)33-20-8-10-31-11-9-20;1-3-2/h4-7,12-14,20,22,29-30H,8-11,15-16H2,1-3H3;. The molecule has 0 saturated carbocycles. The molecule has 2 N–H and O–H groups in total. The smallest absolute Gasteiger partial charge is 0.335 e. The minimum absolute atomic E-state index is 0.118. The quantitative estimate of drug-likeness (QED) is 0.422. The zero-order chi connectivity index (χ0) is 26.4. The highest BCUT2D eigenvalue weighted by Gasteiger charge is 2.28. The van der Waals surface area contributed by atoms with Crippen LogP contribution in [-0.4, -0.2) is 60.3 Å². The Bertz CT molecular complexity index is 1270. The summed E-state index contributed by atoms with van der Waals surface area (Å²) in [6, 6.07) is 14.2. The molecule has 1 unspecified atom stereocenters. The van der Waals surface area contributed by atoms with Crippen molar-refractivity contribution in [2.45, 2.75) is 57.0 Å². The number of thioether (sulfide) groups is 1. The Morgan fingerprint density at radius 3 is 2.51 bits per heavy atom. The van der Waals surface area contributed by atoms with E-state index in [1.165, 1.54) is 5.56 Å². The van der Waals surface area contributed by atoms with Gasteiger partial charge in [-0.15, -0.1) is 0 Å². The van der Waals surface area contributed by atoms with Crippen molar-refractivity contribution in [3.63, 3.8) is 0 Å². The predicted molar refractivity (Wildman–Crippen MR) is 147 cm³/mol. The number of ether oxygens (including phenoxy) is 3. The Balaban J connectivity index is 0.00000102. The lowest BCUT2D eigenvalue weighted by Gasteiger charge is -2.24. The average molecular weight is 545 g/mol. The van der Waals surface area contributed by atoms with Gasteiger partial charge in [0.1, 0.15) is 28.4 Å². The van der Waals surface area contributed by atoms with Crippen molar-refractivity contribution in [2.75, 3.05) is 19.8 Å². The maximum absolute atomic E-state index is 10.2. The third-order valence-electron chi connectivity index (χ3n) is 6.06. The van der Waals surface area contributed by atoms with Crippen LogP contribution in [0.1, 0.15) is 44.4 Å². The Hall–Kier alpha value is -2.66. The molecule has 1 aromatic heterocycles. The fourth-order valence-electron chi connectivity index (χ4n) is 4.40. The number of hydrogen-bond donors (Lipinski definition) is 2. The van der Waals surface area contributed by atoms with Crippen molar-refractivity contribution < 1.29 is 27.7 Å². The second-order valence-corrected chi connectivity index (χ2v) is 11.3. The molecule has 2 aromatic carbocycles. The molecule has 0 amide bonds. The van der Waals surface area contributed by atoms with Gasteiger partial charge in [0, 0.05) is 29.5 Å². The first-order valence-electron chi connectivity index (χ1n) is 12.3. The van der Waals surface area contributed by atoms with Gasteiger partial charge < -0.3 is 24.3 Å². The summed E-state index contributed by atoms with van der Waals surface area (Å²) in [5, 5.41) is 12.5. The molecule has 0 radical (unpaired) electrons. The number of H-pyrrole nitrogens is 1. The van der Waals surface area contributed by atoms with Crippen LogP contribution in [0.25, 0.3) is 10.9 Å². The van der Waals surface area contributed by atoms with E-state index in [0.717, 1.165) is 64.9 Å². The normalized spacial score (nSPS) is 18.2. The molecule has 2 aliphatic heterocycles. The number of fused-ring (bicyclic) bond motifs is 1. The van der Waals surface area contributed by atoms with Crippen LogP contribution in [0, 0.1) is 6.92 Å². The molecule has 10 heteroatoms. The zero-order valence-corrected chi connectivity index (χ0v) is 22.8. The van der Waals surface area contributed by atoms with Gasteiger partial charge >= 0.3 is 11.6 Å². The summed E-state index contributed by atoms with van der Waals surface area (Å²) in [5.41, 5.74) is 2.42. The third-order valence-corrected chi connectivity index (χ3v) is 7.28. The van der Waals surface area contributed by atoms with Gasteiger partial charge in [0.15, 0.2) is 0 Å². The topological polar surface area (TPSA) is 110 Å². The molecule has 0 bridgehead atoms. The SMILES string of the molecule is Cc1ccc(Oc2cc(OC3CCOCC3)c3[nH]c(C4=NCC(CC(C)(C)O)S4)cc3c2)cc1.O=S=O. The highest BCUT2D eigenvalue weighted by atomic mass is 32.2. The molecule has 1 fully saturated rings. The number of hydrogen-bond acceptors (Lipinski definition) is 8. The van der Waals surface area contributed by atoms with Gasteiger partial charge in [-0.2, -0.15) is 8.42 Å². The van der Waals surface area contributed by atoms with Crippen LogP contribution in [0.3, 0.4) is 0 Å². The molecule has 3 aromatic rings. The summed E-state index contributed by atoms with van der Waals surface area (Å²) < 4.78 is 34.7. The van der Waals surface area contributed by atoms with Gasteiger partial charge in [-0.25, -0.2) is 0 Å². The summed E-state index contributed by atoms with van der Waals surface area (Å²) in [5.74, 6) is 2.32.